The molecule has 0 spiro atoms. The first kappa shape index (κ1) is 15.0. The predicted molar refractivity (Wildman–Crippen MR) is 85.6 cm³/mol. The number of likely N-dealkylation sites (tertiary alicyclic amines) is 1. The van der Waals surface area contributed by atoms with Gasteiger partial charge in [0.15, 0.2) is 0 Å². The Hall–Kier alpha value is -0.380. The first-order valence-electron chi connectivity index (χ1n) is 7.44. The largest absolute Gasteiger partial charge is 0.313 e. The van der Waals surface area contributed by atoms with E-state index in [9.17, 15) is 0 Å². The monoisotopic (exact) mass is 324 g/mol. The van der Waals surface area contributed by atoms with Crippen molar-refractivity contribution < 1.29 is 0 Å². The number of nitrogens with zero attached hydrogens (tertiary/aromatic N) is 1. The first-order chi connectivity index (χ1) is 9.24. The average Bonchev–Trinajstić information content (AvgIpc) is 2.43. The number of hydrogen-bond donors (Lipinski definition) is 1. The molecule has 19 heavy (non-hydrogen) atoms. The Morgan fingerprint density at radius 2 is 1.84 bits per heavy atom. The third-order valence-corrected chi connectivity index (χ3v) is 4.35. The number of halogens is 1. The lowest BCUT2D eigenvalue weighted by Gasteiger charge is -2.27. The van der Waals surface area contributed by atoms with Crippen LogP contribution in [0, 0.1) is 0 Å². The van der Waals surface area contributed by atoms with Gasteiger partial charge in [-0.3, -0.25) is 0 Å². The molecule has 1 fully saturated rings. The molecule has 0 aliphatic carbocycles. The van der Waals surface area contributed by atoms with E-state index in [2.05, 4.69) is 57.3 Å². The summed E-state index contributed by atoms with van der Waals surface area (Å²) in [5, 5.41) is 3.64. The number of benzene rings is 1. The highest BCUT2D eigenvalue weighted by atomic mass is 79.9. The lowest BCUT2D eigenvalue weighted by molar-refractivity contribution is 0.226. The second-order valence-corrected chi connectivity index (χ2v) is 6.50. The Kier molecular flexibility index (Phi) is 6.35. The molecule has 106 valence electrons. The highest BCUT2D eigenvalue weighted by Gasteiger charge is 2.10. The number of hydrogen-bond acceptors (Lipinski definition) is 2. The fourth-order valence-corrected chi connectivity index (χ4v) is 2.96. The summed E-state index contributed by atoms with van der Waals surface area (Å²) < 4.78 is 1.15. The van der Waals surface area contributed by atoms with Gasteiger partial charge in [-0.15, -0.1) is 0 Å². The second kappa shape index (κ2) is 8.03. The van der Waals surface area contributed by atoms with Crippen molar-refractivity contribution in [2.45, 2.75) is 38.6 Å². The molecule has 1 saturated heterocycles. The van der Waals surface area contributed by atoms with E-state index in [0.717, 1.165) is 17.4 Å². The van der Waals surface area contributed by atoms with Crippen molar-refractivity contribution >= 4 is 15.9 Å². The summed E-state index contributed by atoms with van der Waals surface area (Å²) in [6.07, 6.45) is 5.29. The maximum atomic E-state index is 3.64. The van der Waals surface area contributed by atoms with Crippen LogP contribution in [0.25, 0.3) is 0 Å². The highest BCUT2D eigenvalue weighted by Crippen LogP contribution is 2.12. The van der Waals surface area contributed by atoms with E-state index in [1.54, 1.807) is 0 Å². The molecular weight excluding hydrogens is 300 g/mol. The average molecular weight is 325 g/mol. The van der Waals surface area contributed by atoms with Gasteiger partial charge in [-0.1, -0.05) is 34.5 Å². The minimum atomic E-state index is 0.547. The van der Waals surface area contributed by atoms with Gasteiger partial charge in [-0.05, 0) is 57.0 Å². The van der Waals surface area contributed by atoms with Crippen molar-refractivity contribution in [1.29, 1.82) is 0 Å². The van der Waals surface area contributed by atoms with Crippen molar-refractivity contribution in [1.82, 2.24) is 10.2 Å². The van der Waals surface area contributed by atoms with Crippen LogP contribution in [0.1, 0.15) is 31.7 Å². The minimum absolute atomic E-state index is 0.547. The molecule has 1 aromatic rings. The topological polar surface area (TPSA) is 15.3 Å². The standard InChI is InChI=1S/C16H25BrN2/c1-14(13-15-5-7-16(17)8-6-15)18-9-12-19-10-3-2-4-11-19/h5-8,14,18H,2-4,9-13H2,1H3. The van der Waals surface area contributed by atoms with Gasteiger partial charge in [0.05, 0.1) is 0 Å². The zero-order chi connectivity index (χ0) is 13.5. The minimum Gasteiger partial charge on any atom is -0.313 e. The second-order valence-electron chi connectivity index (χ2n) is 5.59. The summed E-state index contributed by atoms with van der Waals surface area (Å²) in [5.41, 5.74) is 1.40. The van der Waals surface area contributed by atoms with Crippen LogP contribution in [0.15, 0.2) is 28.7 Å². The predicted octanol–water partition coefficient (Wildman–Crippen LogP) is 3.46. The molecule has 1 aromatic carbocycles. The molecule has 1 aliphatic rings. The molecule has 0 aromatic heterocycles. The van der Waals surface area contributed by atoms with Crippen LogP contribution in [-0.4, -0.2) is 37.1 Å². The van der Waals surface area contributed by atoms with Crippen molar-refractivity contribution in [2.24, 2.45) is 0 Å². The first-order valence-corrected chi connectivity index (χ1v) is 8.23. The van der Waals surface area contributed by atoms with E-state index in [1.165, 1.54) is 44.5 Å². The fourth-order valence-electron chi connectivity index (χ4n) is 2.70. The number of nitrogens with one attached hydrogen (secondary N) is 1. The Labute approximate surface area is 125 Å². The van der Waals surface area contributed by atoms with E-state index < -0.39 is 0 Å². The molecule has 1 heterocycles. The molecule has 2 rings (SSSR count). The molecule has 3 heteroatoms. The summed E-state index contributed by atoms with van der Waals surface area (Å²) in [4.78, 5) is 2.59. The SMILES string of the molecule is CC(Cc1ccc(Br)cc1)NCCN1CCCCC1. The number of rotatable bonds is 6. The third kappa shape index (κ3) is 5.64. The molecule has 0 radical (unpaired) electrons. The molecule has 0 saturated carbocycles. The molecule has 0 bridgehead atoms. The summed E-state index contributed by atoms with van der Waals surface area (Å²) >= 11 is 3.48. The van der Waals surface area contributed by atoms with E-state index >= 15 is 0 Å². The summed E-state index contributed by atoms with van der Waals surface area (Å²) in [6.45, 7) is 7.17. The van der Waals surface area contributed by atoms with Crippen LogP contribution in [-0.2, 0) is 6.42 Å². The van der Waals surface area contributed by atoms with Crippen LogP contribution in [0.3, 0.4) is 0 Å². The van der Waals surface area contributed by atoms with Crippen molar-refractivity contribution in [3.8, 4) is 0 Å². The van der Waals surface area contributed by atoms with Gasteiger partial charge in [0, 0.05) is 23.6 Å². The van der Waals surface area contributed by atoms with Gasteiger partial charge in [0.25, 0.3) is 0 Å². The molecular formula is C16H25BrN2. The van der Waals surface area contributed by atoms with Crippen LogP contribution < -0.4 is 5.32 Å². The highest BCUT2D eigenvalue weighted by molar-refractivity contribution is 9.10. The van der Waals surface area contributed by atoms with Crippen molar-refractivity contribution in [2.75, 3.05) is 26.2 Å². The van der Waals surface area contributed by atoms with E-state index in [-0.39, 0.29) is 0 Å². The van der Waals surface area contributed by atoms with Crippen LogP contribution in [0.5, 0.6) is 0 Å². The van der Waals surface area contributed by atoms with E-state index in [1.807, 2.05) is 0 Å². The summed E-state index contributed by atoms with van der Waals surface area (Å²) in [5.74, 6) is 0. The van der Waals surface area contributed by atoms with Gasteiger partial charge < -0.3 is 10.2 Å². The molecule has 1 N–H and O–H groups in total. The summed E-state index contributed by atoms with van der Waals surface area (Å²) in [6, 6.07) is 9.19. The maximum absolute atomic E-state index is 3.64. The van der Waals surface area contributed by atoms with Gasteiger partial charge in [0.2, 0.25) is 0 Å². The Morgan fingerprint density at radius 3 is 2.53 bits per heavy atom. The van der Waals surface area contributed by atoms with Gasteiger partial charge in [-0.25, -0.2) is 0 Å². The van der Waals surface area contributed by atoms with Gasteiger partial charge in [-0.2, -0.15) is 0 Å². The molecule has 2 nitrogen and oxygen atoms in total. The Balaban J connectivity index is 1.63. The molecule has 0 amide bonds. The van der Waals surface area contributed by atoms with Crippen LogP contribution in [0.2, 0.25) is 0 Å². The number of piperidine rings is 1. The van der Waals surface area contributed by atoms with Crippen molar-refractivity contribution in [3.63, 3.8) is 0 Å². The quantitative estimate of drug-likeness (QED) is 0.862. The third-order valence-electron chi connectivity index (χ3n) is 3.82. The van der Waals surface area contributed by atoms with Crippen LogP contribution in [0.4, 0.5) is 0 Å². The smallest absolute Gasteiger partial charge is 0.0175 e. The normalized spacial score (nSPS) is 18.4. The van der Waals surface area contributed by atoms with Crippen LogP contribution >= 0.6 is 15.9 Å². The lowest BCUT2D eigenvalue weighted by atomic mass is 10.1. The fraction of sp³-hybridized carbons (Fsp3) is 0.625. The van der Waals surface area contributed by atoms with E-state index in [0.29, 0.717) is 6.04 Å². The lowest BCUT2D eigenvalue weighted by Crippen LogP contribution is -2.39. The zero-order valence-electron chi connectivity index (χ0n) is 11.9. The zero-order valence-corrected chi connectivity index (χ0v) is 13.5. The molecule has 1 atom stereocenters. The summed E-state index contributed by atoms with van der Waals surface area (Å²) in [7, 11) is 0. The Morgan fingerprint density at radius 1 is 1.16 bits per heavy atom. The van der Waals surface area contributed by atoms with Gasteiger partial charge >= 0.3 is 0 Å². The van der Waals surface area contributed by atoms with Crippen molar-refractivity contribution in [3.05, 3.63) is 34.3 Å². The van der Waals surface area contributed by atoms with E-state index in [4.69, 9.17) is 0 Å². The Bertz CT molecular complexity index is 358. The maximum Gasteiger partial charge on any atom is 0.0175 e. The van der Waals surface area contributed by atoms with Gasteiger partial charge in [0.1, 0.15) is 0 Å². The molecule has 1 unspecified atom stereocenters. The molecule has 1 aliphatic heterocycles.